The Kier molecular flexibility index (Phi) is 3.69. The molecule has 2 aliphatic rings. The van der Waals surface area contributed by atoms with Crippen molar-refractivity contribution < 1.29 is 9.53 Å². The molecule has 102 valence electrons. The van der Waals surface area contributed by atoms with Crippen LogP contribution in [0.5, 0.6) is 5.75 Å². The van der Waals surface area contributed by atoms with Gasteiger partial charge in [-0.15, -0.1) is 0 Å². The summed E-state index contributed by atoms with van der Waals surface area (Å²) in [6, 6.07) is 7.59. The number of carbonyl (C=O) groups excluding carboxylic acids is 1. The Morgan fingerprint density at radius 3 is 2.68 bits per heavy atom. The standard InChI is InChI=1S/C15H20N2O2/c18-15(14-2-1-9-16-14)17-12-5-7-13(8-6-12)19-10-11-3-4-11/h5-8,11,14,16H,1-4,9-10H2,(H,17,18). The first-order chi connectivity index (χ1) is 9.31. The highest BCUT2D eigenvalue weighted by molar-refractivity contribution is 5.95. The average Bonchev–Trinajstić information content (AvgIpc) is 3.09. The number of nitrogens with one attached hydrogen (secondary N) is 2. The van der Waals surface area contributed by atoms with Crippen molar-refractivity contribution in [1.82, 2.24) is 5.32 Å². The number of hydrogen-bond donors (Lipinski definition) is 2. The van der Waals surface area contributed by atoms with E-state index in [0.717, 1.165) is 43.3 Å². The van der Waals surface area contributed by atoms with Crippen molar-refractivity contribution in [2.24, 2.45) is 5.92 Å². The van der Waals surface area contributed by atoms with Gasteiger partial charge in [0.15, 0.2) is 0 Å². The Hall–Kier alpha value is -1.55. The molecule has 1 aliphatic carbocycles. The van der Waals surface area contributed by atoms with E-state index < -0.39 is 0 Å². The lowest BCUT2D eigenvalue weighted by Crippen LogP contribution is -2.35. The second kappa shape index (κ2) is 5.61. The molecular formula is C15H20N2O2. The second-order valence-corrected chi connectivity index (χ2v) is 5.42. The molecule has 1 saturated carbocycles. The van der Waals surface area contributed by atoms with Crippen LogP contribution in [0.25, 0.3) is 0 Å². The van der Waals surface area contributed by atoms with Crippen LogP contribution in [0.2, 0.25) is 0 Å². The summed E-state index contributed by atoms with van der Waals surface area (Å²) in [7, 11) is 0. The van der Waals surface area contributed by atoms with E-state index in [9.17, 15) is 4.79 Å². The highest BCUT2D eigenvalue weighted by Gasteiger charge is 2.22. The lowest BCUT2D eigenvalue weighted by Gasteiger charge is -2.11. The molecule has 1 aromatic carbocycles. The van der Waals surface area contributed by atoms with Crippen LogP contribution in [0, 0.1) is 5.92 Å². The van der Waals surface area contributed by atoms with E-state index in [4.69, 9.17) is 4.74 Å². The van der Waals surface area contributed by atoms with E-state index in [0.29, 0.717) is 0 Å². The lowest BCUT2D eigenvalue weighted by atomic mass is 10.2. The quantitative estimate of drug-likeness (QED) is 0.853. The number of ether oxygens (including phenoxy) is 1. The molecule has 1 heterocycles. The van der Waals surface area contributed by atoms with Gasteiger partial charge in [-0.25, -0.2) is 0 Å². The molecule has 4 nitrogen and oxygen atoms in total. The minimum atomic E-state index is -0.0363. The van der Waals surface area contributed by atoms with Gasteiger partial charge < -0.3 is 15.4 Å². The van der Waals surface area contributed by atoms with Crippen LogP contribution in [0.4, 0.5) is 5.69 Å². The first-order valence-corrected chi connectivity index (χ1v) is 7.08. The highest BCUT2D eigenvalue weighted by atomic mass is 16.5. The molecule has 0 bridgehead atoms. The van der Waals surface area contributed by atoms with Gasteiger partial charge in [0, 0.05) is 5.69 Å². The Bertz CT molecular complexity index is 434. The molecule has 1 atom stereocenters. The van der Waals surface area contributed by atoms with E-state index in [1.807, 2.05) is 24.3 Å². The van der Waals surface area contributed by atoms with E-state index in [-0.39, 0.29) is 11.9 Å². The monoisotopic (exact) mass is 260 g/mol. The molecule has 1 aromatic rings. The molecule has 19 heavy (non-hydrogen) atoms. The molecule has 0 radical (unpaired) electrons. The predicted molar refractivity (Wildman–Crippen MR) is 74.3 cm³/mol. The smallest absolute Gasteiger partial charge is 0.241 e. The van der Waals surface area contributed by atoms with E-state index in [1.165, 1.54) is 12.8 Å². The summed E-state index contributed by atoms with van der Waals surface area (Å²) < 4.78 is 5.66. The maximum atomic E-state index is 11.9. The van der Waals surface area contributed by atoms with Gasteiger partial charge in [0.05, 0.1) is 12.6 Å². The number of benzene rings is 1. The van der Waals surface area contributed by atoms with Crippen molar-refractivity contribution >= 4 is 11.6 Å². The molecule has 0 spiro atoms. The summed E-state index contributed by atoms with van der Waals surface area (Å²) in [6.07, 6.45) is 4.59. The van der Waals surface area contributed by atoms with Crippen LogP contribution in [-0.2, 0) is 4.79 Å². The number of anilines is 1. The Balaban J connectivity index is 1.51. The van der Waals surface area contributed by atoms with Gasteiger partial charge in [0.25, 0.3) is 0 Å². The Labute approximate surface area is 113 Å². The number of carbonyl (C=O) groups is 1. The van der Waals surface area contributed by atoms with E-state index in [1.54, 1.807) is 0 Å². The molecule has 4 heteroatoms. The summed E-state index contributed by atoms with van der Waals surface area (Å²) in [4.78, 5) is 11.9. The molecule has 1 saturated heterocycles. The fourth-order valence-electron chi connectivity index (χ4n) is 2.27. The van der Waals surface area contributed by atoms with Gasteiger partial charge in [-0.05, 0) is 62.4 Å². The van der Waals surface area contributed by atoms with Gasteiger partial charge in [0.2, 0.25) is 5.91 Å². The largest absolute Gasteiger partial charge is 0.493 e. The first kappa shape index (κ1) is 12.5. The van der Waals surface area contributed by atoms with Crippen molar-refractivity contribution in [2.45, 2.75) is 31.7 Å². The summed E-state index contributed by atoms with van der Waals surface area (Å²) in [5, 5.41) is 6.12. The van der Waals surface area contributed by atoms with Gasteiger partial charge in [0.1, 0.15) is 5.75 Å². The molecule has 1 amide bonds. The topological polar surface area (TPSA) is 50.4 Å². The summed E-state index contributed by atoms with van der Waals surface area (Å²) in [5.74, 6) is 1.70. The normalized spacial score (nSPS) is 22.2. The molecule has 2 N–H and O–H groups in total. The van der Waals surface area contributed by atoms with Crippen LogP contribution >= 0.6 is 0 Å². The van der Waals surface area contributed by atoms with Crippen LogP contribution < -0.4 is 15.4 Å². The Morgan fingerprint density at radius 2 is 2.05 bits per heavy atom. The van der Waals surface area contributed by atoms with Crippen LogP contribution in [-0.4, -0.2) is 25.1 Å². The van der Waals surface area contributed by atoms with Crippen molar-refractivity contribution in [2.75, 3.05) is 18.5 Å². The third-order valence-corrected chi connectivity index (χ3v) is 3.68. The Morgan fingerprint density at radius 1 is 1.26 bits per heavy atom. The molecule has 3 rings (SSSR count). The summed E-state index contributed by atoms with van der Waals surface area (Å²) in [6.45, 7) is 1.75. The molecule has 0 aromatic heterocycles. The molecule has 1 aliphatic heterocycles. The maximum Gasteiger partial charge on any atom is 0.241 e. The third kappa shape index (κ3) is 3.47. The second-order valence-electron chi connectivity index (χ2n) is 5.42. The van der Waals surface area contributed by atoms with Crippen molar-refractivity contribution in [3.05, 3.63) is 24.3 Å². The fourth-order valence-corrected chi connectivity index (χ4v) is 2.27. The lowest BCUT2D eigenvalue weighted by molar-refractivity contribution is -0.117. The maximum absolute atomic E-state index is 11.9. The van der Waals surface area contributed by atoms with Crippen LogP contribution in [0.3, 0.4) is 0 Å². The summed E-state index contributed by atoms with van der Waals surface area (Å²) in [5.41, 5.74) is 0.831. The minimum Gasteiger partial charge on any atom is -0.493 e. The fraction of sp³-hybridized carbons (Fsp3) is 0.533. The van der Waals surface area contributed by atoms with E-state index >= 15 is 0 Å². The average molecular weight is 260 g/mol. The molecule has 2 fully saturated rings. The summed E-state index contributed by atoms with van der Waals surface area (Å²) >= 11 is 0. The van der Waals surface area contributed by atoms with Crippen LogP contribution in [0.1, 0.15) is 25.7 Å². The minimum absolute atomic E-state index is 0.0363. The molecular weight excluding hydrogens is 240 g/mol. The number of amides is 1. The van der Waals surface area contributed by atoms with Gasteiger partial charge in [-0.2, -0.15) is 0 Å². The molecule has 1 unspecified atom stereocenters. The first-order valence-electron chi connectivity index (χ1n) is 7.08. The van der Waals surface area contributed by atoms with Gasteiger partial charge in [-0.1, -0.05) is 0 Å². The van der Waals surface area contributed by atoms with Crippen molar-refractivity contribution in [1.29, 1.82) is 0 Å². The van der Waals surface area contributed by atoms with E-state index in [2.05, 4.69) is 10.6 Å². The predicted octanol–water partition coefficient (Wildman–Crippen LogP) is 2.17. The SMILES string of the molecule is O=C(Nc1ccc(OCC2CC2)cc1)C1CCCN1. The van der Waals surface area contributed by atoms with Crippen LogP contribution in [0.15, 0.2) is 24.3 Å². The zero-order valence-corrected chi connectivity index (χ0v) is 11.0. The number of rotatable bonds is 5. The zero-order valence-electron chi connectivity index (χ0n) is 11.0. The van der Waals surface area contributed by atoms with Gasteiger partial charge in [-0.3, -0.25) is 4.79 Å². The number of hydrogen-bond acceptors (Lipinski definition) is 3. The zero-order chi connectivity index (χ0) is 13.1. The van der Waals surface area contributed by atoms with Gasteiger partial charge >= 0.3 is 0 Å². The van der Waals surface area contributed by atoms with Crippen molar-refractivity contribution in [3.8, 4) is 5.75 Å². The highest BCUT2D eigenvalue weighted by Crippen LogP contribution is 2.29. The third-order valence-electron chi connectivity index (χ3n) is 3.68. The van der Waals surface area contributed by atoms with Crippen molar-refractivity contribution in [3.63, 3.8) is 0 Å².